The lowest BCUT2D eigenvalue weighted by molar-refractivity contribution is -0.122. The number of carbonyl (C=O) groups excluding carboxylic acids is 1. The van der Waals surface area contributed by atoms with Gasteiger partial charge >= 0.3 is 0 Å². The van der Waals surface area contributed by atoms with E-state index in [9.17, 15) is 13.2 Å². The van der Waals surface area contributed by atoms with Gasteiger partial charge in [0.05, 0.1) is 18.7 Å². The van der Waals surface area contributed by atoms with E-state index in [1.165, 1.54) is 6.08 Å². The van der Waals surface area contributed by atoms with E-state index in [0.717, 1.165) is 46.5 Å². The van der Waals surface area contributed by atoms with Crippen LogP contribution in [0.4, 0.5) is 0 Å². The van der Waals surface area contributed by atoms with Crippen LogP contribution in [0.15, 0.2) is 84.3 Å². The highest BCUT2D eigenvalue weighted by molar-refractivity contribution is 7.92. The molecule has 1 aliphatic heterocycles. The summed E-state index contributed by atoms with van der Waals surface area (Å²) >= 11 is 0. The lowest BCUT2D eigenvalue weighted by Crippen LogP contribution is -2.36. The van der Waals surface area contributed by atoms with Crippen LogP contribution >= 0.6 is 0 Å². The molecular formula is C32H39N3O4S. The molecule has 0 aromatic heterocycles. The van der Waals surface area contributed by atoms with Crippen molar-refractivity contribution < 1.29 is 17.9 Å². The Morgan fingerprint density at radius 3 is 2.45 bits per heavy atom. The van der Waals surface area contributed by atoms with Gasteiger partial charge in [0, 0.05) is 36.9 Å². The number of benzene rings is 3. The summed E-state index contributed by atoms with van der Waals surface area (Å²) in [7, 11) is -1.70. The van der Waals surface area contributed by atoms with Gasteiger partial charge in [0.2, 0.25) is 15.9 Å². The zero-order chi connectivity index (χ0) is 28.5. The molecule has 0 radical (unpaired) electrons. The number of hydrogen-bond acceptors (Lipinski definition) is 5. The molecule has 0 fully saturated rings. The molecule has 212 valence electrons. The number of amides is 1. The van der Waals surface area contributed by atoms with Gasteiger partial charge in [-0.15, -0.1) is 0 Å². The minimum atomic E-state index is -3.81. The maximum Gasteiger partial charge on any atom is 0.234 e. The Morgan fingerprint density at radius 1 is 1.05 bits per heavy atom. The van der Waals surface area contributed by atoms with E-state index in [1.54, 1.807) is 0 Å². The standard InChI is InChI=1S/C32H39N3O4S/c1-24(2)22-35(3)23-26-14-15-28-29(16-18-39-31(28)20-26)33-32(36)21-30(27-12-8-5-9-13-27)34-40(37,38)19-17-25-10-6-4-7-11-25/h4-15,17,19-20,24,29-30,34H,16,18,21-23H2,1-3H3,(H,33,36). The van der Waals surface area contributed by atoms with Crippen molar-refractivity contribution in [1.82, 2.24) is 14.9 Å². The van der Waals surface area contributed by atoms with Crippen molar-refractivity contribution in [3.8, 4) is 5.75 Å². The highest BCUT2D eigenvalue weighted by Gasteiger charge is 2.26. The Balaban J connectivity index is 1.45. The van der Waals surface area contributed by atoms with Gasteiger partial charge in [0.1, 0.15) is 5.75 Å². The first kappa shape index (κ1) is 29.5. The summed E-state index contributed by atoms with van der Waals surface area (Å²) in [6, 6.07) is 23.6. The van der Waals surface area contributed by atoms with Crippen LogP contribution < -0.4 is 14.8 Å². The van der Waals surface area contributed by atoms with Crippen molar-refractivity contribution in [2.45, 2.75) is 45.3 Å². The van der Waals surface area contributed by atoms with Crippen LogP contribution in [0.2, 0.25) is 0 Å². The molecule has 2 unspecified atom stereocenters. The summed E-state index contributed by atoms with van der Waals surface area (Å²) in [4.78, 5) is 15.6. The zero-order valence-corrected chi connectivity index (χ0v) is 24.2. The van der Waals surface area contributed by atoms with Crippen LogP contribution in [0.5, 0.6) is 5.75 Å². The second-order valence-electron chi connectivity index (χ2n) is 10.8. The molecule has 40 heavy (non-hydrogen) atoms. The van der Waals surface area contributed by atoms with Gasteiger partial charge in [0.25, 0.3) is 0 Å². The Bertz CT molecular complexity index is 1390. The number of fused-ring (bicyclic) bond motifs is 1. The number of hydrogen-bond donors (Lipinski definition) is 2. The fraction of sp³-hybridized carbons (Fsp3) is 0.344. The van der Waals surface area contributed by atoms with Gasteiger partial charge in [-0.1, -0.05) is 86.6 Å². The lowest BCUT2D eigenvalue weighted by atomic mass is 9.97. The first-order valence-electron chi connectivity index (χ1n) is 13.7. The molecule has 3 aromatic rings. The fourth-order valence-corrected chi connectivity index (χ4v) is 6.03. The molecule has 0 bridgehead atoms. The maximum absolute atomic E-state index is 13.3. The molecular weight excluding hydrogens is 522 g/mol. The minimum absolute atomic E-state index is 0.0345. The predicted octanol–water partition coefficient (Wildman–Crippen LogP) is 5.44. The normalized spacial score (nSPS) is 16.1. The van der Waals surface area contributed by atoms with Crippen molar-refractivity contribution in [3.63, 3.8) is 0 Å². The van der Waals surface area contributed by atoms with Crippen LogP contribution in [0.3, 0.4) is 0 Å². The highest BCUT2D eigenvalue weighted by atomic mass is 32.2. The SMILES string of the molecule is CC(C)CN(C)Cc1ccc2c(c1)OCCC2NC(=O)CC(NS(=O)(=O)C=Cc1ccccc1)c1ccccc1. The molecule has 3 aromatic carbocycles. The Hall–Kier alpha value is -3.46. The van der Waals surface area contributed by atoms with Crippen molar-refractivity contribution in [3.05, 3.63) is 107 Å². The van der Waals surface area contributed by atoms with E-state index >= 15 is 0 Å². The third-order valence-corrected chi connectivity index (χ3v) is 7.83. The number of nitrogens with zero attached hydrogens (tertiary/aromatic N) is 1. The number of nitrogens with one attached hydrogen (secondary N) is 2. The molecule has 4 rings (SSSR count). The largest absolute Gasteiger partial charge is 0.493 e. The minimum Gasteiger partial charge on any atom is -0.493 e. The Labute approximate surface area is 238 Å². The predicted molar refractivity (Wildman–Crippen MR) is 160 cm³/mol. The van der Waals surface area contributed by atoms with Crippen LogP contribution in [-0.2, 0) is 21.4 Å². The van der Waals surface area contributed by atoms with E-state index in [2.05, 4.69) is 48.0 Å². The molecule has 1 aliphatic rings. The second-order valence-corrected chi connectivity index (χ2v) is 12.4. The molecule has 2 N–H and O–H groups in total. The summed E-state index contributed by atoms with van der Waals surface area (Å²) < 4.78 is 34.5. The summed E-state index contributed by atoms with van der Waals surface area (Å²) in [5.74, 6) is 1.14. The van der Waals surface area contributed by atoms with E-state index in [1.807, 2.05) is 66.7 Å². The van der Waals surface area contributed by atoms with Crippen molar-refractivity contribution in [2.75, 3.05) is 20.2 Å². The molecule has 0 aliphatic carbocycles. The first-order chi connectivity index (χ1) is 19.2. The average molecular weight is 562 g/mol. The average Bonchev–Trinajstić information content (AvgIpc) is 2.92. The lowest BCUT2D eigenvalue weighted by Gasteiger charge is -2.28. The second kappa shape index (κ2) is 13.7. The van der Waals surface area contributed by atoms with Gasteiger partial charge in [-0.2, -0.15) is 0 Å². The van der Waals surface area contributed by atoms with E-state index < -0.39 is 16.1 Å². The van der Waals surface area contributed by atoms with Gasteiger partial charge < -0.3 is 15.0 Å². The van der Waals surface area contributed by atoms with Crippen LogP contribution in [-0.4, -0.2) is 39.4 Å². The smallest absolute Gasteiger partial charge is 0.234 e. The summed E-state index contributed by atoms with van der Waals surface area (Å²) in [6.07, 6.45) is 2.15. The summed E-state index contributed by atoms with van der Waals surface area (Å²) in [6.45, 7) is 6.74. The van der Waals surface area contributed by atoms with Crippen molar-refractivity contribution in [1.29, 1.82) is 0 Å². The van der Waals surface area contributed by atoms with Crippen LogP contribution in [0.1, 0.15) is 61.0 Å². The number of rotatable bonds is 12. The van der Waals surface area contributed by atoms with Crippen LogP contribution in [0.25, 0.3) is 6.08 Å². The van der Waals surface area contributed by atoms with Gasteiger partial charge in [-0.3, -0.25) is 4.79 Å². The molecule has 8 heteroatoms. The number of ether oxygens (including phenoxy) is 1. The Morgan fingerprint density at radius 2 is 1.75 bits per heavy atom. The Kier molecular flexibility index (Phi) is 10.1. The molecule has 1 heterocycles. The number of sulfonamides is 1. The summed E-state index contributed by atoms with van der Waals surface area (Å²) in [5.41, 5.74) is 3.60. The molecule has 7 nitrogen and oxygen atoms in total. The van der Waals surface area contributed by atoms with E-state index in [-0.39, 0.29) is 18.4 Å². The maximum atomic E-state index is 13.3. The molecule has 0 spiro atoms. The monoisotopic (exact) mass is 561 g/mol. The third-order valence-electron chi connectivity index (χ3n) is 6.72. The van der Waals surface area contributed by atoms with Crippen molar-refractivity contribution in [2.24, 2.45) is 5.92 Å². The van der Waals surface area contributed by atoms with Gasteiger partial charge in [-0.25, -0.2) is 13.1 Å². The van der Waals surface area contributed by atoms with Gasteiger partial charge in [0.15, 0.2) is 0 Å². The molecule has 1 amide bonds. The zero-order valence-electron chi connectivity index (χ0n) is 23.4. The first-order valence-corrected chi connectivity index (χ1v) is 15.3. The fourth-order valence-electron chi connectivity index (χ4n) is 5.00. The third kappa shape index (κ3) is 8.78. The molecule has 2 atom stereocenters. The quantitative estimate of drug-likeness (QED) is 0.308. The highest BCUT2D eigenvalue weighted by Crippen LogP contribution is 2.33. The topological polar surface area (TPSA) is 87.7 Å². The number of carbonyl (C=O) groups is 1. The summed E-state index contributed by atoms with van der Waals surface area (Å²) in [5, 5.41) is 4.26. The molecule has 0 saturated heterocycles. The van der Waals surface area contributed by atoms with Crippen molar-refractivity contribution >= 4 is 22.0 Å². The molecule has 0 saturated carbocycles. The van der Waals surface area contributed by atoms with Gasteiger partial charge in [-0.05, 0) is 41.8 Å². The van der Waals surface area contributed by atoms with Crippen LogP contribution in [0, 0.1) is 5.92 Å². The van der Waals surface area contributed by atoms with E-state index in [4.69, 9.17) is 4.74 Å². The van der Waals surface area contributed by atoms with E-state index in [0.29, 0.717) is 18.9 Å².